The molecule has 1 aromatic carbocycles. The molecule has 1 aliphatic heterocycles. The number of halogens is 1. The highest BCUT2D eigenvalue weighted by Gasteiger charge is 2.32. The number of carbonyl (C=O) groups excluding carboxylic acids is 2. The number of benzene rings is 1. The van der Waals surface area contributed by atoms with E-state index in [9.17, 15) is 9.59 Å². The van der Waals surface area contributed by atoms with E-state index in [4.69, 9.17) is 4.74 Å². The quantitative estimate of drug-likeness (QED) is 0.798. The molecule has 30 heavy (non-hydrogen) atoms. The molecule has 1 saturated heterocycles. The van der Waals surface area contributed by atoms with Gasteiger partial charge in [0.1, 0.15) is 0 Å². The minimum atomic E-state index is -0.549. The summed E-state index contributed by atoms with van der Waals surface area (Å²) in [5.74, 6) is -0.478. The summed E-state index contributed by atoms with van der Waals surface area (Å²) in [7, 11) is 1.36. The van der Waals surface area contributed by atoms with Crippen molar-refractivity contribution in [3.05, 3.63) is 54.1 Å². The lowest BCUT2D eigenvalue weighted by atomic mass is 10.1. The van der Waals surface area contributed by atoms with E-state index in [0.717, 1.165) is 0 Å². The molecule has 9 heteroatoms. The number of urea groups is 1. The largest absolute Gasteiger partial charge is 0.453 e. The molecule has 3 amide bonds. The van der Waals surface area contributed by atoms with Crippen molar-refractivity contribution in [2.24, 2.45) is 0 Å². The predicted octanol–water partition coefficient (Wildman–Crippen LogP) is 3.53. The Morgan fingerprint density at radius 2 is 1.90 bits per heavy atom. The molecule has 2 aromatic rings. The number of rotatable bonds is 4. The minimum absolute atomic E-state index is 0.0257. The Labute approximate surface area is 175 Å². The fourth-order valence-corrected chi connectivity index (χ4v) is 3.66. The van der Waals surface area contributed by atoms with Gasteiger partial charge in [-0.2, -0.15) is 0 Å². The molecule has 0 aliphatic carbocycles. The third kappa shape index (κ3) is 5.04. The molecule has 2 unspecified atom stereocenters. The normalized spacial score (nSPS) is 19.3. The Kier molecular flexibility index (Phi) is 6.83. The SMILES string of the molecule is COC(=O)N1CC(C)N(Cc2cccc(NC(=O)Nc3cccnc3)c2F)C(C)C1. The zero-order chi connectivity index (χ0) is 21.7. The van der Waals surface area contributed by atoms with Crippen LogP contribution < -0.4 is 10.6 Å². The smallest absolute Gasteiger partial charge is 0.409 e. The third-order valence-corrected chi connectivity index (χ3v) is 5.13. The van der Waals surface area contributed by atoms with Crippen molar-refractivity contribution in [1.82, 2.24) is 14.8 Å². The summed E-state index contributed by atoms with van der Waals surface area (Å²) in [6.45, 7) is 5.36. The molecule has 1 aromatic heterocycles. The van der Waals surface area contributed by atoms with E-state index in [0.29, 0.717) is 30.9 Å². The molecule has 1 aliphatic rings. The highest BCUT2D eigenvalue weighted by Crippen LogP contribution is 2.24. The number of nitrogens with one attached hydrogen (secondary N) is 2. The van der Waals surface area contributed by atoms with Gasteiger partial charge in [0.2, 0.25) is 0 Å². The van der Waals surface area contributed by atoms with Crippen LogP contribution in [0.25, 0.3) is 0 Å². The summed E-state index contributed by atoms with van der Waals surface area (Å²) >= 11 is 0. The number of hydrogen-bond donors (Lipinski definition) is 2. The number of carbonyl (C=O) groups is 2. The first-order valence-corrected chi connectivity index (χ1v) is 9.73. The van der Waals surface area contributed by atoms with Gasteiger partial charge in [-0.1, -0.05) is 12.1 Å². The van der Waals surface area contributed by atoms with Gasteiger partial charge in [0.15, 0.2) is 5.82 Å². The van der Waals surface area contributed by atoms with Crippen molar-refractivity contribution in [1.29, 1.82) is 0 Å². The topological polar surface area (TPSA) is 86.8 Å². The first kappa shape index (κ1) is 21.5. The molecule has 0 saturated carbocycles. The van der Waals surface area contributed by atoms with E-state index in [1.54, 1.807) is 35.4 Å². The number of pyridine rings is 1. The van der Waals surface area contributed by atoms with Gasteiger partial charge in [0.05, 0.1) is 24.7 Å². The Bertz CT molecular complexity index is 883. The van der Waals surface area contributed by atoms with Gasteiger partial charge >= 0.3 is 12.1 Å². The van der Waals surface area contributed by atoms with Crippen LogP contribution in [0.3, 0.4) is 0 Å². The number of amides is 3. The molecule has 160 valence electrons. The molecule has 0 bridgehead atoms. The van der Waals surface area contributed by atoms with Crippen LogP contribution in [0.15, 0.2) is 42.7 Å². The van der Waals surface area contributed by atoms with Crippen LogP contribution in [0.4, 0.5) is 25.4 Å². The highest BCUT2D eigenvalue weighted by atomic mass is 19.1. The summed E-state index contributed by atoms with van der Waals surface area (Å²) < 4.78 is 19.9. The predicted molar refractivity (Wildman–Crippen MR) is 112 cm³/mol. The zero-order valence-electron chi connectivity index (χ0n) is 17.3. The first-order chi connectivity index (χ1) is 14.4. The standard InChI is InChI=1S/C21H26FN5O3/c1-14-11-26(21(29)30-3)12-15(2)27(14)13-16-6-4-8-18(19(16)22)25-20(28)24-17-7-5-9-23-10-17/h4-10,14-15H,11-13H2,1-3H3,(H2,24,25,28). The maximum absolute atomic E-state index is 15.1. The Hall–Kier alpha value is -3.20. The molecule has 2 atom stereocenters. The molecule has 2 heterocycles. The molecule has 3 rings (SSSR count). The van der Waals surface area contributed by atoms with E-state index in [2.05, 4.69) is 20.5 Å². The van der Waals surface area contributed by atoms with Crippen molar-refractivity contribution in [2.45, 2.75) is 32.5 Å². The number of piperazine rings is 1. The van der Waals surface area contributed by atoms with Crippen molar-refractivity contribution < 1.29 is 18.7 Å². The van der Waals surface area contributed by atoms with Gasteiger partial charge in [0.25, 0.3) is 0 Å². The van der Waals surface area contributed by atoms with Gasteiger partial charge in [-0.25, -0.2) is 14.0 Å². The average molecular weight is 415 g/mol. The summed E-state index contributed by atoms with van der Waals surface area (Å²) in [5.41, 5.74) is 1.08. The maximum Gasteiger partial charge on any atom is 0.409 e. The molecule has 0 radical (unpaired) electrons. The van der Waals surface area contributed by atoms with E-state index in [1.807, 2.05) is 13.8 Å². The van der Waals surface area contributed by atoms with E-state index in [1.165, 1.54) is 19.4 Å². The second-order valence-electron chi connectivity index (χ2n) is 7.34. The minimum Gasteiger partial charge on any atom is -0.453 e. The number of ether oxygens (including phenoxy) is 1. The average Bonchev–Trinajstić information content (AvgIpc) is 2.73. The molecule has 8 nitrogen and oxygen atoms in total. The van der Waals surface area contributed by atoms with Crippen LogP contribution in [-0.4, -0.2) is 59.2 Å². The second-order valence-corrected chi connectivity index (χ2v) is 7.34. The summed E-state index contributed by atoms with van der Waals surface area (Å²) in [6.07, 6.45) is 2.74. The fourth-order valence-electron chi connectivity index (χ4n) is 3.66. The first-order valence-electron chi connectivity index (χ1n) is 9.73. The Morgan fingerprint density at radius 1 is 1.17 bits per heavy atom. The van der Waals surface area contributed by atoms with Crippen LogP contribution in [0.5, 0.6) is 0 Å². The molecule has 1 fully saturated rings. The van der Waals surface area contributed by atoms with Gasteiger partial charge in [-0.05, 0) is 32.0 Å². The summed E-state index contributed by atoms with van der Waals surface area (Å²) in [5, 5.41) is 5.16. The number of methoxy groups -OCH3 is 1. The van der Waals surface area contributed by atoms with Gasteiger partial charge in [-0.15, -0.1) is 0 Å². The van der Waals surface area contributed by atoms with Crippen LogP contribution in [0, 0.1) is 5.82 Å². The van der Waals surface area contributed by atoms with Crippen LogP contribution >= 0.6 is 0 Å². The number of aromatic nitrogens is 1. The molecule has 0 spiro atoms. The van der Waals surface area contributed by atoms with E-state index < -0.39 is 11.8 Å². The molecule has 2 N–H and O–H groups in total. The lowest BCUT2D eigenvalue weighted by Gasteiger charge is -2.43. The van der Waals surface area contributed by atoms with Crippen molar-refractivity contribution in [2.75, 3.05) is 30.8 Å². The number of hydrogen-bond acceptors (Lipinski definition) is 5. The van der Waals surface area contributed by atoms with Gasteiger partial charge in [-0.3, -0.25) is 9.88 Å². The zero-order valence-corrected chi connectivity index (χ0v) is 17.3. The number of anilines is 2. The third-order valence-electron chi connectivity index (χ3n) is 5.13. The van der Waals surface area contributed by atoms with Gasteiger partial charge < -0.3 is 20.3 Å². The highest BCUT2D eigenvalue weighted by molar-refractivity contribution is 5.99. The lowest BCUT2D eigenvalue weighted by Crippen LogP contribution is -2.57. The fraction of sp³-hybridized carbons (Fsp3) is 0.381. The Balaban J connectivity index is 1.67. The Morgan fingerprint density at radius 3 is 2.53 bits per heavy atom. The van der Waals surface area contributed by atoms with Crippen LogP contribution in [0.2, 0.25) is 0 Å². The maximum atomic E-state index is 15.1. The van der Waals surface area contributed by atoms with Gasteiger partial charge in [0, 0.05) is 43.5 Å². The summed E-state index contributed by atoms with van der Waals surface area (Å²) in [4.78, 5) is 31.7. The second kappa shape index (κ2) is 9.53. The number of nitrogens with zero attached hydrogens (tertiary/aromatic N) is 3. The van der Waals surface area contributed by atoms with Crippen molar-refractivity contribution in [3.8, 4) is 0 Å². The molecular formula is C21H26FN5O3. The summed E-state index contributed by atoms with van der Waals surface area (Å²) in [6, 6.07) is 7.81. The monoisotopic (exact) mass is 415 g/mol. The van der Waals surface area contributed by atoms with Crippen molar-refractivity contribution >= 4 is 23.5 Å². The van der Waals surface area contributed by atoms with Crippen LogP contribution in [0.1, 0.15) is 19.4 Å². The van der Waals surface area contributed by atoms with E-state index in [-0.39, 0.29) is 23.9 Å². The van der Waals surface area contributed by atoms with E-state index >= 15 is 4.39 Å². The molecular weight excluding hydrogens is 389 g/mol. The lowest BCUT2D eigenvalue weighted by molar-refractivity contribution is 0.0287. The van der Waals surface area contributed by atoms with Crippen molar-refractivity contribution in [3.63, 3.8) is 0 Å². The van der Waals surface area contributed by atoms with Crippen LogP contribution in [-0.2, 0) is 11.3 Å².